The summed E-state index contributed by atoms with van der Waals surface area (Å²) in [5.41, 5.74) is 2.45. The molecule has 0 saturated heterocycles. The number of hydrogen-bond donors (Lipinski definition) is 0. The van der Waals surface area contributed by atoms with Gasteiger partial charge in [0, 0.05) is 29.5 Å². The fraction of sp³-hybridized carbons (Fsp3) is 0.600. The molecule has 0 spiro atoms. The van der Waals surface area contributed by atoms with E-state index in [0.717, 1.165) is 23.4 Å². The van der Waals surface area contributed by atoms with Crippen LogP contribution in [-0.4, -0.2) is 22.8 Å². The second-order valence-corrected chi connectivity index (χ2v) is 5.92. The van der Waals surface area contributed by atoms with Crippen molar-refractivity contribution in [1.82, 2.24) is 4.90 Å². The Bertz CT molecular complexity index is 364. The predicted octanol–water partition coefficient (Wildman–Crippen LogP) is 5.03. The Balaban J connectivity index is 2.82. The van der Waals surface area contributed by atoms with E-state index in [1.54, 1.807) is 0 Å². The molecule has 1 aromatic carbocycles. The molecule has 102 valence electrons. The first kappa shape index (κ1) is 16.0. The highest BCUT2D eigenvalue weighted by Crippen LogP contribution is 2.21. The molecule has 0 bridgehead atoms. The second-order valence-electron chi connectivity index (χ2n) is 4.72. The SMILES string of the molecule is CCC(CC)N(CCBr)Cc1ccc(C)cc1Cl. The van der Waals surface area contributed by atoms with Crippen molar-refractivity contribution in [1.29, 1.82) is 0 Å². The van der Waals surface area contributed by atoms with Crippen LogP contribution in [0.5, 0.6) is 0 Å². The van der Waals surface area contributed by atoms with Gasteiger partial charge in [0.2, 0.25) is 0 Å². The molecule has 0 aliphatic carbocycles. The van der Waals surface area contributed by atoms with E-state index in [9.17, 15) is 0 Å². The summed E-state index contributed by atoms with van der Waals surface area (Å²) < 4.78 is 0. The van der Waals surface area contributed by atoms with Crippen LogP contribution in [0.25, 0.3) is 0 Å². The van der Waals surface area contributed by atoms with Crippen molar-refractivity contribution in [3.63, 3.8) is 0 Å². The fourth-order valence-corrected chi connectivity index (χ4v) is 3.05. The molecule has 1 aromatic rings. The van der Waals surface area contributed by atoms with Crippen LogP contribution in [0, 0.1) is 6.92 Å². The van der Waals surface area contributed by atoms with Gasteiger partial charge in [-0.05, 0) is 37.0 Å². The van der Waals surface area contributed by atoms with Crippen LogP contribution >= 0.6 is 27.5 Å². The maximum atomic E-state index is 6.33. The number of aryl methyl sites for hydroxylation is 1. The third-order valence-corrected chi connectivity index (χ3v) is 4.12. The number of rotatable bonds is 7. The lowest BCUT2D eigenvalue weighted by Crippen LogP contribution is -2.35. The second kappa shape index (κ2) is 8.19. The van der Waals surface area contributed by atoms with E-state index < -0.39 is 0 Å². The van der Waals surface area contributed by atoms with E-state index in [0.29, 0.717) is 6.04 Å². The number of hydrogen-bond acceptors (Lipinski definition) is 1. The molecule has 1 rings (SSSR count). The lowest BCUT2D eigenvalue weighted by Gasteiger charge is -2.30. The van der Waals surface area contributed by atoms with E-state index in [1.807, 2.05) is 0 Å². The molecule has 1 nitrogen and oxygen atoms in total. The first-order valence-electron chi connectivity index (χ1n) is 6.67. The molecule has 0 amide bonds. The zero-order valence-electron chi connectivity index (χ0n) is 11.5. The summed E-state index contributed by atoms with van der Waals surface area (Å²) in [6.45, 7) is 8.60. The van der Waals surface area contributed by atoms with Gasteiger partial charge in [0.25, 0.3) is 0 Å². The van der Waals surface area contributed by atoms with Crippen molar-refractivity contribution in [2.45, 2.75) is 46.2 Å². The average molecular weight is 333 g/mol. The average Bonchev–Trinajstić information content (AvgIpc) is 2.34. The van der Waals surface area contributed by atoms with Crippen molar-refractivity contribution in [3.8, 4) is 0 Å². The lowest BCUT2D eigenvalue weighted by atomic mass is 10.1. The maximum Gasteiger partial charge on any atom is 0.0453 e. The monoisotopic (exact) mass is 331 g/mol. The minimum absolute atomic E-state index is 0.639. The normalized spacial score (nSPS) is 11.5. The van der Waals surface area contributed by atoms with Gasteiger partial charge in [0.1, 0.15) is 0 Å². The van der Waals surface area contributed by atoms with E-state index in [4.69, 9.17) is 11.6 Å². The molecule has 0 unspecified atom stereocenters. The smallest absolute Gasteiger partial charge is 0.0453 e. The Hall–Kier alpha value is -0.0500. The third-order valence-electron chi connectivity index (χ3n) is 3.41. The minimum Gasteiger partial charge on any atom is -0.295 e. The van der Waals surface area contributed by atoms with Crippen LogP contribution in [-0.2, 0) is 6.54 Å². The van der Waals surface area contributed by atoms with Crippen LogP contribution in [0.4, 0.5) is 0 Å². The van der Waals surface area contributed by atoms with Gasteiger partial charge in [-0.15, -0.1) is 0 Å². The Morgan fingerprint density at radius 2 is 1.94 bits per heavy atom. The first-order valence-corrected chi connectivity index (χ1v) is 8.17. The summed E-state index contributed by atoms with van der Waals surface area (Å²) in [4.78, 5) is 2.52. The molecule has 0 radical (unpaired) electrons. The highest BCUT2D eigenvalue weighted by Gasteiger charge is 2.15. The summed E-state index contributed by atoms with van der Waals surface area (Å²) in [6, 6.07) is 6.98. The largest absolute Gasteiger partial charge is 0.295 e. The van der Waals surface area contributed by atoms with E-state index in [2.05, 4.69) is 59.8 Å². The zero-order chi connectivity index (χ0) is 13.5. The van der Waals surface area contributed by atoms with E-state index in [-0.39, 0.29) is 0 Å². The molecule has 0 aliphatic heterocycles. The van der Waals surface area contributed by atoms with Gasteiger partial charge < -0.3 is 0 Å². The quantitative estimate of drug-likeness (QED) is 0.633. The molecular formula is C15H23BrClN. The van der Waals surface area contributed by atoms with Crippen LogP contribution < -0.4 is 0 Å². The summed E-state index contributed by atoms with van der Waals surface area (Å²) >= 11 is 9.87. The van der Waals surface area contributed by atoms with Crippen molar-refractivity contribution in [2.75, 3.05) is 11.9 Å². The lowest BCUT2D eigenvalue weighted by molar-refractivity contribution is 0.189. The Morgan fingerprint density at radius 3 is 2.44 bits per heavy atom. The highest BCUT2D eigenvalue weighted by molar-refractivity contribution is 9.09. The van der Waals surface area contributed by atoms with Crippen LogP contribution in [0.1, 0.15) is 37.8 Å². The number of halogens is 2. The molecule has 0 saturated carbocycles. The van der Waals surface area contributed by atoms with Crippen LogP contribution in [0.3, 0.4) is 0 Å². The maximum absolute atomic E-state index is 6.33. The first-order chi connectivity index (χ1) is 8.62. The molecule has 0 aliphatic rings. The fourth-order valence-electron chi connectivity index (χ4n) is 2.30. The van der Waals surface area contributed by atoms with Crippen LogP contribution in [0.15, 0.2) is 18.2 Å². The molecule has 3 heteroatoms. The van der Waals surface area contributed by atoms with Crippen molar-refractivity contribution < 1.29 is 0 Å². The van der Waals surface area contributed by atoms with E-state index in [1.165, 1.54) is 24.0 Å². The molecule has 0 atom stereocenters. The number of alkyl halides is 1. The molecule has 18 heavy (non-hydrogen) atoms. The molecule has 0 fully saturated rings. The van der Waals surface area contributed by atoms with Gasteiger partial charge in [-0.25, -0.2) is 0 Å². The van der Waals surface area contributed by atoms with Gasteiger partial charge in [-0.1, -0.05) is 53.5 Å². The summed E-state index contributed by atoms with van der Waals surface area (Å²) in [5, 5.41) is 1.90. The summed E-state index contributed by atoms with van der Waals surface area (Å²) in [7, 11) is 0. The standard InChI is InChI=1S/C15H23BrClN/c1-4-14(5-2)18(9-8-16)11-13-7-6-12(3)10-15(13)17/h6-7,10,14H,4-5,8-9,11H2,1-3H3. The number of nitrogens with zero attached hydrogens (tertiary/aromatic N) is 1. The van der Waals surface area contributed by atoms with Crippen LogP contribution in [0.2, 0.25) is 5.02 Å². The van der Waals surface area contributed by atoms with Crippen molar-refractivity contribution in [3.05, 3.63) is 34.3 Å². The molecule has 0 aromatic heterocycles. The predicted molar refractivity (Wildman–Crippen MR) is 84.8 cm³/mol. The Kier molecular flexibility index (Phi) is 7.28. The van der Waals surface area contributed by atoms with Gasteiger partial charge >= 0.3 is 0 Å². The molecular weight excluding hydrogens is 310 g/mol. The van der Waals surface area contributed by atoms with Gasteiger partial charge in [-0.3, -0.25) is 4.90 Å². The Morgan fingerprint density at radius 1 is 1.28 bits per heavy atom. The molecule has 0 heterocycles. The van der Waals surface area contributed by atoms with Crippen molar-refractivity contribution in [2.24, 2.45) is 0 Å². The Labute approximate surface area is 125 Å². The summed E-state index contributed by atoms with van der Waals surface area (Å²) in [5.74, 6) is 0. The van der Waals surface area contributed by atoms with Gasteiger partial charge in [-0.2, -0.15) is 0 Å². The topological polar surface area (TPSA) is 3.24 Å². The summed E-state index contributed by atoms with van der Waals surface area (Å²) in [6.07, 6.45) is 2.37. The molecule has 0 N–H and O–H groups in total. The van der Waals surface area contributed by atoms with E-state index >= 15 is 0 Å². The minimum atomic E-state index is 0.639. The third kappa shape index (κ3) is 4.56. The zero-order valence-corrected chi connectivity index (χ0v) is 13.9. The van der Waals surface area contributed by atoms with Gasteiger partial charge in [0.15, 0.2) is 0 Å². The highest BCUT2D eigenvalue weighted by atomic mass is 79.9. The van der Waals surface area contributed by atoms with Gasteiger partial charge in [0.05, 0.1) is 0 Å². The van der Waals surface area contributed by atoms with Crippen molar-refractivity contribution >= 4 is 27.5 Å². The number of benzene rings is 1.